The molecule has 2 atom stereocenters. The second-order valence-electron chi connectivity index (χ2n) is 13.9. The quantitative estimate of drug-likeness (QED) is 0.231. The van der Waals surface area contributed by atoms with Gasteiger partial charge < -0.3 is 30.5 Å². The van der Waals surface area contributed by atoms with Gasteiger partial charge in [-0.15, -0.1) is 6.42 Å². The zero-order valence-electron chi connectivity index (χ0n) is 29.2. The van der Waals surface area contributed by atoms with E-state index in [0.29, 0.717) is 31.5 Å². The third-order valence-electron chi connectivity index (χ3n) is 8.62. The van der Waals surface area contributed by atoms with E-state index < -0.39 is 17.1 Å². The fourth-order valence-electron chi connectivity index (χ4n) is 6.05. The second-order valence-corrected chi connectivity index (χ2v) is 13.9. The molecule has 1 aliphatic heterocycles. The minimum absolute atomic E-state index is 0.0820. The molecule has 4 rings (SSSR count). The highest BCUT2D eigenvalue weighted by Gasteiger charge is 2.40. The lowest BCUT2D eigenvalue weighted by Gasteiger charge is -2.32. The molecule has 1 fully saturated rings. The summed E-state index contributed by atoms with van der Waals surface area (Å²) in [5.41, 5.74) is 3.09. The number of fused-ring (bicyclic) bond motifs is 1. The third kappa shape index (κ3) is 10.5. The van der Waals surface area contributed by atoms with Crippen LogP contribution in [0.4, 0.5) is 10.5 Å². The van der Waals surface area contributed by atoms with Gasteiger partial charge in [-0.25, -0.2) is 4.79 Å². The Hall–Kier alpha value is -4.95. The molecule has 11 heteroatoms. The van der Waals surface area contributed by atoms with Gasteiger partial charge in [-0.2, -0.15) is 0 Å². The normalized spacial score (nSPS) is 18.6. The molecule has 49 heavy (non-hydrogen) atoms. The number of anilines is 1. The molecule has 2 aromatic rings. The number of terminal acetylenes is 1. The van der Waals surface area contributed by atoms with Crippen LogP contribution in [0, 0.1) is 23.7 Å². The van der Waals surface area contributed by atoms with Crippen molar-refractivity contribution >= 4 is 35.7 Å². The Kier molecular flexibility index (Phi) is 12.4. The van der Waals surface area contributed by atoms with Crippen LogP contribution in [-0.4, -0.2) is 78.8 Å². The molecule has 3 N–H and O–H groups in total. The van der Waals surface area contributed by atoms with Crippen molar-refractivity contribution in [2.24, 2.45) is 16.3 Å². The minimum atomic E-state index is -0.643. The van der Waals surface area contributed by atoms with Gasteiger partial charge in [0.05, 0.1) is 5.41 Å². The highest BCUT2D eigenvalue weighted by atomic mass is 16.6. The van der Waals surface area contributed by atoms with Crippen LogP contribution >= 0.6 is 0 Å². The van der Waals surface area contributed by atoms with Gasteiger partial charge in [0.2, 0.25) is 17.7 Å². The Morgan fingerprint density at radius 2 is 1.82 bits per heavy atom. The molecule has 2 aliphatic rings. The SMILES string of the molecule is C#C/C=C\C=N/CNC(=O)C1Cc2ccc(NC(=O)CN(Cc3ccccc3CN(C)C(=O)OC(C)(C)C)C(=O)C3(C)CCNC3)cc2C1. The number of nitrogens with zero attached hydrogens (tertiary/aromatic N) is 3. The van der Waals surface area contributed by atoms with E-state index in [1.807, 2.05) is 70.2 Å². The monoisotopic (exact) mass is 668 g/mol. The van der Waals surface area contributed by atoms with Crippen molar-refractivity contribution < 1.29 is 23.9 Å². The van der Waals surface area contributed by atoms with Gasteiger partial charge in [-0.3, -0.25) is 19.4 Å². The third-order valence-corrected chi connectivity index (χ3v) is 8.62. The van der Waals surface area contributed by atoms with Gasteiger partial charge in [-0.05, 0) is 100 Å². The number of hydrogen-bond donors (Lipinski definition) is 3. The van der Waals surface area contributed by atoms with Crippen LogP contribution in [0.3, 0.4) is 0 Å². The minimum Gasteiger partial charge on any atom is -0.444 e. The van der Waals surface area contributed by atoms with Crippen LogP contribution < -0.4 is 16.0 Å². The van der Waals surface area contributed by atoms with Crippen LogP contribution in [-0.2, 0) is 45.1 Å². The average Bonchev–Trinajstić information content (AvgIpc) is 3.69. The summed E-state index contributed by atoms with van der Waals surface area (Å²) >= 11 is 0. The van der Waals surface area contributed by atoms with Gasteiger partial charge in [0.25, 0.3) is 0 Å². The highest BCUT2D eigenvalue weighted by Crippen LogP contribution is 2.31. The zero-order chi connectivity index (χ0) is 35.6. The van der Waals surface area contributed by atoms with E-state index in [-0.39, 0.29) is 49.9 Å². The van der Waals surface area contributed by atoms with Crippen LogP contribution in [0.5, 0.6) is 0 Å². The van der Waals surface area contributed by atoms with Crippen molar-refractivity contribution in [3.63, 3.8) is 0 Å². The molecule has 2 aromatic carbocycles. The number of carbonyl (C=O) groups excluding carboxylic acids is 4. The van der Waals surface area contributed by atoms with E-state index in [2.05, 4.69) is 26.9 Å². The largest absolute Gasteiger partial charge is 0.444 e. The summed E-state index contributed by atoms with van der Waals surface area (Å²) in [6, 6.07) is 13.3. The molecule has 1 heterocycles. The Morgan fingerprint density at radius 3 is 2.49 bits per heavy atom. The number of hydrogen-bond acceptors (Lipinski definition) is 7. The van der Waals surface area contributed by atoms with E-state index >= 15 is 0 Å². The van der Waals surface area contributed by atoms with E-state index in [1.54, 1.807) is 24.2 Å². The highest BCUT2D eigenvalue weighted by molar-refractivity contribution is 5.95. The molecule has 0 radical (unpaired) electrons. The summed E-state index contributed by atoms with van der Waals surface area (Å²) in [6.07, 6.45) is 11.2. The Balaban J connectivity index is 1.43. The number of amides is 4. The number of carbonyl (C=O) groups is 4. The molecule has 0 spiro atoms. The molecule has 4 amide bonds. The number of benzene rings is 2. The van der Waals surface area contributed by atoms with Crippen molar-refractivity contribution in [2.75, 3.05) is 38.7 Å². The topological polar surface area (TPSA) is 132 Å². The number of allylic oxidation sites excluding steroid dienone is 2. The number of rotatable bonds is 12. The maximum atomic E-state index is 14.0. The van der Waals surface area contributed by atoms with Gasteiger partial charge in [0, 0.05) is 44.5 Å². The van der Waals surface area contributed by atoms with Crippen LogP contribution in [0.2, 0.25) is 0 Å². The zero-order valence-corrected chi connectivity index (χ0v) is 29.2. The van der Waals surface area contributed by atoms with Crippen LogP contribution in [0.1, 0.15) is 56.4 Å². The second kappa shape index (κ2) is 16.4. The lowest BCUT2D eigenvalue weighted by molar-refractivity contribution is -0.143. The van der Waals surface area contributed by atoms with E-state index in [1.165, 1.54) is 11.0 Å². The molecule has 1 saturated heterocycles. The molecule has 0 saturated carbocycles. The van der Waals surface area contributed by atoms with Crippen molar-refractivity contribution in [1.82, 2.24) is 20.4 Å². The number of ether oxygens (including phenoxy) is 1. The van der Waals surface area contributed by atoms with Crippen molar-refractivity contribution in [1.29, 1.82) is 0 Å². The lowest BCUT2D eigenvalue weighted by atomic mass is 9.87. The maximum Gasteiger partial charge on any atom is 0.410 e. The summed E-state index contributed by atoms with van der Waals surface area (Å²) in [6.45, 7) is 9.14. The van der Waals surface area contributed by atoms with E-state index in [4.69, 9.17) is 11.2 Å². The van der Waals surface area contributed by atoms with Gasteiger partial charge >= 0.3 is 6.09 Å². The Bertz CT molecular complexity index is 1630. The van der Waals surface area contributed by atoms with Gasteiger partial charge in [-0.1, -0.05) is 36.3 Å². The smallest absolute Gasteiger partial charge is 0.410 e. The Labute approximate surface area is 289 Å². The number of nitrogens with one attached hydrogen (secondary N) is 3. The predicted octanol–water partition coefficient (Wildman–Crippen LogP) is 4.07. The molecule has 11 nitrogen and oxygen atoms in total. The molecule has 0 aromatic heterocycles. The van der Waals surface area contributed by atoms with E-state index in [9.17, 15) is 19.2 Å². The fourth-order valence-corrected chi connectivity index (χ4v) is 6.05. The maximum absolute atomic E-state index is 14.0. The van der Waals surface area contributed by atoms with Crippen molar-refractivity contribution in [2.45, 2.75) is 65.6 Å². The van der Waals surface area contributed by atoms with Crippen LogP contribution in [0.15, 0.2) is 59.6 Å². The molecule has 1 aliphatic carbocycles. The lowest BCUT2D eigenvalue weighted by Crippen LogP contribution is -2.46. The number of aliphatic imine (C=N–C) groups is 1. The van der Waals surface area contributed by atoms with E-state index in [0.717, 1.165) is 28.8 Å². The molecule has 0 bridgehead atoms. The first-order valence-electron chi connectivity index (χ1n) is 16.6. The first-order valence-corrected chi connectivity index (χ1v) is 16.6. The molecular weight excluding hydrogens is 620 g/mol. The Morgan fingerprint density at radius 1 is 1.10 bits per heavy atom. The standard InChI is InChI=1S/C38H48N6O5/c1-7-8-11-17-40-26-41-34(46)31-19-27-14-15-32(21-30(27)20-31)42-33(45)24-44(35(47)38(5)16-18-39-25-38)23-29-13-10-9-12-28(29)22-43(6)36(48)49-37(2,3)4/h1,8-15,17,21,31,39H,16,18-20,22-26H2,2-6H3,(H,41,46)(H,42,45)/b11-8-,40-17-. The summed E-state index contributed by atoms with van der Waals surface area (Å²) < 4.78 is 5.53. The summed E-state index contributed by atoms with van der Waals surface area (Å²) in [5.74, 6) is 1.63. The summed E-state index contributed by atoms with van der Waals surface area (Å²) in [7, 11) is 1.67. The first-order chi connectivity index (χ1) is 23.3. The van der Waals surface area contributed by atoms with Gasteiger partial charge in [0.1, 0.15) is 18.8 Å². The van der Waals surface area contributed by atoms with Crippen LogP contribution in [0.25, 0.3) is 0 Å². The average molecular weight is 669 g/mol. The van der Waals surface area contributed by atoms with Gasteiger partial charge in [0.15, 0.2) is 0 Å². The predicted molar refractivity (Wildman–Crippen MR) is 191 cm³/mol. The molecular formula is C38H48N6O5. The van der Waals surface area contributed by atoms with Crippen molar-refractivity contribution in [3.05, 3.63) is 76.9 Å². The summed E-state index contributed by atoms with van der Waals surface area (Å²) in [5, 5.41) is 9.08. The molecule has 2 unspecified atom stereocenters. The molecule has 260 valence electrons. The van der Waals surface area contributed by atoms with Crippen molar-refractivity contribution in [3.8, 4) is 12.3 Å². The fraction of sp³-hybridized carbons (Fsp3) is 0.447. The summed E-state index contributed by atoms with van der Waals surface area (Å²) in [4.78, 5) is 60.2. The first kappa shape index (κ1) is 36.9.